The van der Waals surface area contributed by atoms with Crippen molar-refractivity contribution in [1.82, 2.24) is 4.98 Å². The molecular weight excluding hydrogens is 260 g/mol. The van der Waals surface area contributed by atoms with Gasteiger partial charge in [-0.3, -0.25) is 9.69 Å². The predicted octanol–water partition coefficient (Wildman–Crippen LogP) is 2.42. The van der Waals surface area contributed by atoms with E-state index in [1.54, 1.807) is 32.9 Å². The molecule has 1 aliphatic rings. The van der Waals surface area contributed by atoms with Crippen LogP contribution < -0.4 is 9.64 Å². The lowest BCUT2D eigenvalue weighted by Gasteiger charge is -2.30. The number of aromatic nitrogens is 1. The lowest BCUT2D eigenvalue weighted by molar-refractivity contribution is 0.0576. The number of hydrogen-bond donors (Lipinski definition) is 0. The summed E-state index contributed by atoms with van der Waals surface area (Å²) >= 11 is 0. The second-order valence-corrected chi connectivity index (χ2v) is 5.53. The van der Waals surface area contributed by atoms with Gasteiger partial charge in [-0.15, -0.1) is 0 Å². The number of ether oxygens (including phenoxy) is 2. The molecule has 0 atom stereocenters. The van der Waals surface area contributed by atoms with Crippen LogP contribution in [0.2, 0.25) is 0 Å². The summed E-state index contributed by atoms with van der Waals surface area (Å²) in [5.41, 5.74) is -0.180. The Balaban J connectivity index is 2.36. The van der Waals surface area contributed by atoms with E-state index < -0.39 is 11.7 Å². The van der Waals surface area contributed by atoms with E-state index in [4.69, 9.17) is 9.47 Å². The zero-order valence-electron chi connectivity index (χ0n) is 12.1. The smallest absolute Gasteiger partial charge is 0.416 e. The first kappa shape index (κ1) is 14.3. The zero-order chi connectivity index (χ0) is 14.9. The molecule has 6 heteroatoms. The number of hydrogen-bond acceptors (Lipinski definition) is 5. The van der Waals surface area contributed by atoms with Gasteiger partial charge in [0.25, 0.3) is 0 Å². The largest absolute Gasteiger partial charge is 0.481 e. The van der Waals surface area contributed by atoms with Crippen LogP contribution in [0.1, 0.15) is 37.6 Å². The summed E-state index contributed by atoms with van der Waals surface area (Å²) in [6.45, 7) is 5.64. The fourth-order valence-corrected chi connectivity index (χ4v) is 1.92. The van der Waals surface area contributed by atoms with Crippen LogP contribution in [-0.4, -0.2) is 36.1 Å². The van der Waals surface area contributed by atoms with Crippen molar-refractivity contribution in [2.75, 3.05) is 18.6 Å². The van der Waals surface area contributed by atoms with Gasteiger partial charge < -0.3 is 9.47 Å². The molecule has 2 rings (SSSR count). The quantitative estimate of drug-likeness (QED) is 0.789. The Labute approximate surface area is 117 Å². The van der Waals surface area contributed by atoms with Crippen molar-refractivity contribution in [1.29, 1.82) is 0 Å². The Bertz CT molecular complexity index is 549. The minimum absolute atomic E-state index is 0.0324. The van der Waals surface area contributed by atoms with Gasteiger partial charge >= 0.3 is 6.09 Å². The van der Waals surface area contributed by atoms with E-state index in [2.05, 4.69) is 4.98 Å². The molecule has 0 spiro atoms. The first-order chi connectivity index (χ1) is 9.31. The number of Topliss-reactive ketones (excluding diaryl/α,β-unsaturated/α-hetero) is 1. The van der Waals surface area contributed by atoms with Gasteiger partial charge in [0.05, 0.1) is 12.7 Å². The fourth-order valence-electron chi connectivity index (χ4n) is 1.92. The molecule has 0 N–H and O–H groups in total. The Hall–Kier alpha value is -2.11. The molecule has 1 amide bonds. The number of anilines is 1. The summed E-state index contributed by atoms with van der Waals surface area (Å²) in [6.07, 6.45) is -0.243. The van der Waals surface area contributed by atoms with E-state index in [9.17, 15) is 9.59 Å². The molecule has 1 aromatic rings. The second-order valence-electron chi connectivity index (χ2n) is 5.53. The SMILES string of the molecule is COc1ccc2c(n1)N(C(=O)OC(C)(C)C)CCC2=O. The van der Waals surface area contributed by atoms with Crippen LogP contribution in [-0.2, 0) is 4.74 Å². The predicted molar refractivity (Wildman–Crippen MR) is 73.3 cm³/mol. The van der Waals surface area contributed by atoms with Crippen molar-refractivity contribution >= 4 is 17.7 Å². The Morgan fingerprint density at radius 3 is 2.65 bits per heavy atom. The number of nitrogens with zero attached hydrogens (tertiary/aromatic N) is 2. The summed E-state index contributed by atoms with van der Waals surface area (Å²) in [7, 11) is 1.48. The summed E-state index contributed by atoms with van der Waals surface area (Å²) in [6, 6.07) is 3.23. The van der Waals surface area contributed by atoms with Crippen LogP contribution in [0.25, 0.3) is 0 Å². The zero-order valence-corrected chi connectivity index (χ0v) is 12.1. The molecule has 1 aromatic heterocycles. The van der Waals surface area contributed by atoms with Crippen LogP contribution in [0.15, 0.2) is 12.1 Å². The van der Waals surface area contributed by atoms with Crippen molar-refractivity contribution in [2.24, 2.45) is 0 Å². The number of carbonyl (C=O) groups is 2. The number of rotatable bonds is 1. The van der Waals surface area contributed by atoms with Crippen molar-refractivity contribution in [3.05, 3.63) is 17.7 Å². The van der Waals surface area contributed by atoms with Crippen LogP contribution >= 0.6 is 0 Å². The summed E-state index contributed by atoms with van der Waals surface area (Å²) in [4.78, 5) is 29.6. The minimum Gasteiger partial charge on any atom is -0.481 e. The summed E-state index contributed by atoms with van der Waals surface area (Å²) in [5.74, 6) is 0.622. The maximum Gasteiger partial charge on any atom is 0.416 e. The molecule has 0 fully saturated rings. The highest BCUT2D eigenvalue weighted by Gasteiger charge is 2.32. The van der Waals surface area contributed by atoms with Gasteiger partial charge in [-0.2, -0.15) is 4.98 Å². The summed E-state index contributed by atoms with van der Waals surface area (Å²) < 4.78 is 10.4. The van der Waals surface area contributed by atoms with Crippen LogP contribution in [0, 0.1) is 0 Å². The number of carbonyl (C=O) groups excluding carboxylic acids is 2. The maximum absolute atomic E-state index is 12.2. The standard InChI is InChI=1S/C14H18N2O4/c1-14(2,3)20-13(18)16-8-7-10(17)9-5-6-11(19-4)15-12(9)16/h5-6H,7-8H2,1-4H3. The highest BCUT2D eigenvalue weighted by molar-refractivity contribution is 6.06. The minimum atomic E-state index is -0.600. The molecule has 0 unspecified atom stereocenters. The van der Waals surface area contributed by atoms with Crippen LogP contribution in [0.4, 0.5) is 10.6 Å². The molecule has 20 heavy (non-hydrogen) atoms. The number of pyridine rings is 1. The lowest BCUT2D eigenvalue weighted by Crippen LogP contribution is -2.41. The molecule has 2 heterocycles. The van der Waals surface area contributed by atoms with E-state index in [0.717, 1.165) is 0 Å². The van der Waals surface area contributed by atoms with Gasteiger partial charge in [0, 0.05) is 19.0 Å². The van der Waals surface area contributed by atoms with Crippen LogP contribution in [0.5, 0.6) is 5.88 Å². The molecule has 108 valence electrons. The lowest BCUT2D eigenvalue weighted by atomic mass is 10.0. The molecule has 0 saturated heterocycles. The average molecular weight is 278 g/mol. The first-order valence-corrected chi connectivity index (χ1v) is 6.40. The van der Waals surface area contributed by atoms with Gasteiger partial charge in [-0.1, -0.05) is 0 Å². The number of ketones is 1. The Kier molecular flexibility index (Phi) is 3.65. The van der Waals surface area contributed by atoms with E-state index in [0.29, 0.717) is 17.3 Å². The highest BCUT2D eigenvalue weighted by Crippen LogP contribution is 2.28. The van der Waals surface area contributed by atoms with Gasteiger partial charge in [-0.25, -0.2) is 4.79 Å². The molecule has 0 saturated carbocycles. The molecule has 0 aromatic carbocycles. The van der Waals surface area contributed by atoms with Crippen molar-refractivity contribution < 1.29 is 19.1 Å². The maximum atomic E-state index is 12.2. The molecule has 1 aliphatic heterocycles. The van der Waals surface area contributed by atoms with Gasteiger partial charge in [0.1, 0.15) is 5.60 Å². The fraction of sp³-hybridized carbons (Fsp3) is 0.500. The van der Waals surface area contributed by atoms with Gasteiger partial charge in [0.2, 0.25) is 5.88 Å². The normalized spacial score (nSPS) is 14.8. The molecular formula is C14H18N2O4. The molecule has 0 aliphatic carbocycles. The van der Waals surface area contributed by atoms with E-state index in [-0.39, 0.29) is 18.7 Å². The molecule has 6 nitrogen and oxygen atoms in total. The van der Waals surface area contributed by atoms with Crippen molar-refractivity contribution in [2.45, 2.75) is 32.8 Å². The highest BCUT2D eigenvalue weighted by atomic mass is 16.6. The molecule has 0 bridgehead atoms. The number of amides is 1. The van der Waals surface area contributed by atoms with Crippen molar-refractivity contribution in [3.8, 4) is 5.88 Å². The third kappa shape index (κ3) is 2.89. The second kappa shape index (κ2) is 5.11. The Morgan fingerprint density at radius 1 is 1.35 bits per heavy atom. The number of methoxy groups -OCH3 is 1. The van der Waals surface area contributed by atoms with E-state index >= 15 is 0 Å². The molecule has 0 radical (unpaired) electrons. The van der Waals surface area contributed by atoms with Gasteiger partial charge in [0.15, 0.2) is 11.6 Å². The van der Waals surface area contributed by atoms with Gasteiger partial charge in [-0.05, 0) is 26.8 Å². The van der Waals surface area contributed by atoms with Crippen molar-refractivity contribution in [3.63, 3.8) is 0 Å². The van der Waals surface area contributed by atoms with E-state index in [1.165, 1.54) is 12.0 Å². The monoisotopic (exact) mass is 278 g/mol. The van der Waals surface area contributed by atoms with Crippen LogP contribution in [0.3, 0.4) is 0 Å². The summed E-state index contributed by atoms with van der Waals surface area (Å²) in [5, 5.41) is 0. The Morgan fingerprint density at radius 2 is 2.05 bits per heavy atom. The number of fused-ring (bicyclic) bond motifs is 1. The first-order valence-electron chi connectivity index (χ1n) is 6.40. The third-order valence-electron chi connectivity index (χ3n) is 2.79. The topological polar surface area (TPSA) is 68.7 Å². The van der Waals surface area contributed by atoms with E-state index in [1.807, 2.05) is 0 Å². The average Bonchev–Trinajstić information content (AvgIpc) is 2.36. The third-order valence-corrected chi connectivity index (χ3v) is 2.79.